The predicted molar refractivity (Wildman–Crippen MR) is 147 cm³/mol. The summed E-state index contributed by atoms with van der Waals surface area (Å²) in [7, 11) is 0. The molecule has 40 heavy (non-hydrogen) atoms. The highest BCUT2D eigenvalue weighted by Crippen LogP contribution is 2.19. The summed E-state index contributed by atoms with van der Waals surface area (Å²) in [5.74, 6) is -2.71. The topological polar surface area (TPSA) is 140 Å². The van der Waals surface area contributed by atoms with Crippen molar-refractivity contribution in [3.05, 3.63) is 71.5 Å². The number of nitriles is 1. The van der Waals surface area contributed by atoms with Gasteiger partial charge in [0.15, 0.2) is 0 Å². The van der Waals surface area contributed by atoms with E-state index in [1.165, 1.54) is 24.3 Å². The quantitative estimate of drug-likeness (QED) is 0.303. The molecule has 212 valence electrons. The second-order valence-electron chi connectivity index (χ2n) is 10.3. The van der Waals surface area contributed by atoms with Crippen LogP contribution in [0.15, 0.2) is 54.6 Å². The Labute approximate surface area is 233 Å². The average Bonchev–Trinajstić information content (AvgIpc) is 3.35. The molecule has 0 aliphatic carbocycles. The maximum Gasteiger partial charge on any atom is 0.243 e. The van der Waals surface area contributed by atoms with Crippen LogP contribution in [0.2, 0.25) is 0 Å². The van der Waals surface area contributed by atoms with Gasteiger partial charge in [0.2, 0.25) is 23.6 Å². The molecular weight excluding hydrogens is 513 g/mol. The molecule has 1 saturated heterocycles. The predicted octanol–water partition coefficient (Wildman–Crippen LogP) is 2.16. The van der Waals surface area contributed by atoms with Crippen molar-refractivity contribution in [2.45, 2.75) is 64.1 Å². The maximum absolute atomic E-state index is 13.6. The van der Waals surface area contributed by atoms with Gasteiger partial charge in [0.25, 0.3) is 0 Å². The molecule has 1 heterocycles. The largest absolute Gasteiger partial charge is 0.356 e. The van der Waals surface area contributed by atoms with Crippen molar-refractivity contribution in [3.63, 3.8) is 0 Å². The van der Waals surface area contributed by atoms with Crippen molar-refractivity contribution in [2.24, 2.45) is 11.8 Å². The minimum atomic E-state index is -1.09. The number of rotatable bonds is 13. The molecule has 10 heteroatoms. The van der Waals surface area contributed by atoms with Gasteiger partial charge in [-0.3, -0.25) is 19.2 Å². The first kappa shape index (κ1) is 30.3. The standard InChI is InChI=1S/C30H36FN5O4/c1-19(2)28(38)36-26(18-32)24(17-22-14-15-33-29(22)39)35-30(40)25(16-21-8-11-23(31)12-9-21)34-27(37)13-10-20-6-4-3-5-7-20/h3-9,11-12,19,22,24-26H,10,13-17H2,1-2H3,(H,33,39)(H,34,37)(H,35,40)(H,36,38)/t22-,24-,25-,26-/m0/s1. The molecule has 2 aromatic carbocycles. The van der Waals surface area contributed by atoms with E-state index in [0.717, 1.165) is 5.56 Å². The number of carbonyl (C=O) groups excluding carboxylic acids is 4. The van der Waals surface area contributed by atoms with Gasteiger partial charge in [0.05, 0.1) is 12.1 Å². The van der Waals surface area contributed by atoms with Gasteiger partial charge in [-0.1, -0.05) is 56.3 Å². The van der Waals surface area contributed by atoms with E-state index in [4.69, 9.17) is 0 Å². The Morgan fingerprint density at radius 1 is 1.00 bits per heavy atom. The molecule has 4 amide bonds. The molecule has 0 unspecified atom stereocenters. The molecule has 0 aromatic heterocycles. The minimum Gasteiger partial charge on any atom is -0.356 e. The van der Waals surface area contributed by atoms with Gasteiger partial charge < -0.3 is 21.3 Å². The number of halogens is 1. The van der Waals surface area contributed by atoms with Gasteiger partial charge in [0, 0.05) is 31.2 Å². The highest BCUT2D eigenvalue weighted by atomic mass is 19.1. The fraction of sp³-hybridized carbons (Fsp3) is 0.433. The summed E-state index contributed by atoms with van der Waals surface area (Å²) in [6, 6.07) is 14.1. The van der Waals surface area contributed by atoms with Crippen LogP contribution in [-0.2, 0) is 32.0 Å². The van der Waals surface area contributed by atoms with E-state index in [9.17, 15) is 28.8 Å². The molecule has 4 atom stereocenters. The summed E-state index contributed by atoms with van der Waals surface area (Å²) in [5.41, 5.74) is 1.60. The Kier molecular flexibility index (Phi) is 11.2. The molecule has 1 aliphatic heterocycles. The number of aryl methyl sites for hydroxylation is 1. The van der Waals surface area contributed by atoms with E-state index in [1.54, 1.807) is 13.8 Å². The van der Waals surface area contributed by atoms with Gasteiger partial charge in [-0.25, -0.2) is 4.39 Å². The Bertz CT molecular complexity index is 1210. The second-order valence-corrected chi connectivity index (χ2v) is 10.3. The van der Waals surface area contributed by atoms with Crippen LogP contribution in [-0.4, -0.2) is 48.3 Å². The van der Waals surface area contributed by atoms with Crippen LogP contribution < -0.4 is 21.3 Å². The third-order valence-electron chi connectivity index (χ3n) is 6.88. The van der Waals surface area contributed by atoms with E-state index in [0.29, 0.717) is 24.9 Å². The Morgan fingerprint density at radius 2 is 1.70 bits per heavy atom. The van der Waals surface area contributed by atoms with Crippen molar-refractivity contribution in [1.29, 1.82) is 5.26 Å². The van der Waals surface area contributed by atoms with Gasteiger partial charge in [0.1, 0.15) is 17.9 Å². The lowest BCUT2D eigenvalue weighted by Gasteiger charge is -2.28. The summed E-state index contributed by atoms with van der Waals surface area (Å²) in [6.45, 7) is 3.86. The second kappa shape index (κ2) is 14.8. The normalized spacial score (nSPS) is 16.8. The van der Waals surface area contributed by atoms with Gasteiger partial charge in [-0.2, -0.15) is 5.26 Å². The van der Waals surface area contributed by atoms with Crippen molar-refractivity contribution < 1.29 is 23.6 Å². The molecule has 0 radical (unpaired) electrons. The summed E-state index contributed by atoms with van der Waals surface area (Å²) < 4.78 is 13.5. The molecule has 0 bridgehead atoms. The van der Waals surface area contributed by atoms with Gasteiger partial charge in [-0.15, -0.1) is 0 Å². The highest BCUT2D eigenvalue weighted by Gasteiger charge is 2.34. The molecular formula is C30H36FN5O4. The first-order valence-electron chi connectivity index (χ1n) is 13.5. The SMILES string of the molecule is CC(C)C(=O)N[C@@H](C#N)[C@H](C[C@@H]1CCNC1=O)NC(=O)[C@H](Cc1ccc(F)cc1)NC(=O)CCc1ccccc1. The van der Waals surface area contributed by atoms with E-state index in [-0.39, 0.29) is 37.0 Å². The molecule has 0 saturated carbocycles. The lowest BCUT2D eigenvalue weighted by Crippen LogP contribution is -2.57. The summed E-state index contributed by atoms with van der Waals surface area (Å²) in [5, 5.41) is 20.9. The van der Waals surface area contributed by atoms with Crippen molar-refractivity contribution in [2.75, 3.05) is 6.54 Å². The van der Waals surface area contributed by atoms with E-state index >= 15 is 0 Å². The molecule has 1 fully saturated rings. The first-order chi connectivity index (χ1) is 19.2. The van der Waals surface area contributed by atoms with E-state index < -0.39 is 41.7 Å². The lowest BCUT2D eigenvalue weighted by atomic mass is 9.93. The zero-order chi connectivity index (χ0) is 29.1. The Balaban J connectivity index is 1.79. The molecule has 3 rings (SSSR count). The van der Waals surface area contributed by atoms with Gasteiger partial charge in [-0.05, 0) is 42.5 Å². The van der Waals surface area contributed by atoms with E-state index in [1.807, 2.05) is 36.4 Å². The average molecular weight is 550 g/mol. The number of nitrogens with zero attached hydrogens (tertiary/aromatic N) is 1. The fourth-order valence-electron chi connectivity index (χ4n) is 4.52. The van der Waals surface area contributed by atoms with Crippen molar-refractivity contribution >= 4 is 23.6 Å². The lowest BCUT2D eigenvalue weighted by molar-refractivity contribution is -0.130. The molecule has 0 spiro atoms. The molecule has 1 aliphatic rings. The van der Waals surface area contributed by atoms with Crippen molar-refractivity contribution in [1.82, 2.24) is 21.3 Å². The molecule has 9 nitrogen and oxygen atoms in total. The first-order valence-corrected chi connectivity index (χ1v) is 13.5. The number of benzene rings is 2. The monoisotopic (exact) mass is 549 g/mol. The number of nitrogens with one attached hydrogen (secondary N) is 4. The number of amides is 4. The summed E-state index contributed by atoms with van der Waals surface area (Å²) in [6.07, 6.45) is 1.38. The smallest absolute Gasteiger partial charge is 0.243 e. The Hall–Kier alpha value is -4.26. The molecule has 4 N–H and O–H groups in total. The third-order valence-corrected chi connectivity index (χ3v) is 6.88. The van der Waals surface area contributed by atoms with Crippen LogP contribution in [0.5, 0.6) is 0 Å². The molecule has 2 aromatic rings. The number of hydrogen-bond donors (Lipinski definition) is 4. The minimum absolute atomic E-state index is 0.0788. The van der Waals surface area contributed by atoms with Crippen LogP contribution in [0.1, 0.15) is 44.2 Å². The highest BCUT2D eigenvalue weighted by molar-refractivity contribution is 5.88. The maximum atomic E-state index is 13.6. The zero-order valence-corrected chi connectivity index (χ0v) is 22.8. The third kappa shape index (κ3) is 9.19. The van der Waals surface area contributed by atoms with Crippen LogP contribution in [0.25, 0.3) is 0 Å². The fourth-order valence-corrected chi connectivity index (χ4v) is 4.52. The van der Waals surface area contributed by atoms with Crippen LogP contribution >= 0.6 is 0 Å². The van der Waals surface area contributed by atoms with Gasteiger partial charge >= 0.3 is 0 Å². The van der Waals surface area contributed by atoms with Crippen LogP contribution in [0, 0.1) is 29.0 Å². The van der Waals surface area contributed by atoms with Crippen LogP contribution in [0.3, 0.4) is 0 Å². The summed E-state index contributed by atoms with van der Waals surface area (Å²) >= 11 is 0. The Morgan fingerprint density at radius 3 is 2.30 bits per heavy atom. The van der Waals surface area contributed by atoms with Crippen molar-refractivity contribution in [3.8, 4) is 6.07 Å². The summed E-state index contributed by atoms with van der Waals surface area (Å²) in [4.78, 5) is 51.2. The number of carbonyl (C=O) groups is 4. The number of hydrogen-bond acceptors (Lipinski definition) is 5. The van der Waals surface area contributed by atoms with Crippen LogP contribution in [0.4, 0.5) is 4.39 Å². The zero-order valence-electron chi connectivity index (χ0n) is 22.8. The van der Waals surface area contributed by atoms with E-state index in [2.05, 4.69) is 21.3 Å².